The maximum absolute atomic E-state index is 11.3. The van der Waals surface area contributed by atoms with Gasteiger partial charge in [-0.1, -0.05) is 19.3 Å². The molecule has 0 aliphatic heterocycles. The lowest BCUT2D eigenvalue weighted by atomic mass is 10.2. The van der Waals surface area contributed by atoms with E-state index in [2.05, 4.69) is 4.74 Å². The summed E-state index contributed by atoms with van der Waals surface area (Å²) in [7, 11) is 1.65. The van der Waals surface area contributed by atoms with Gasteiger partial charge in [-0.2, -0.15) is 0 Å². The Morgan fingerprint density at radius 2 is 0.917 bits per heavy atom. The fourth-order valence-corrected chi connectivity index (χ4v) is 2.75. The second-order valence-corrected chi connectivity index (χ2v) is 7.87. The van der Waals surface area contributed by atoms with Crippen molar-refractivity contribution in [2.24, 2.45) is 0 Å². The van der Waals surface area contributed by atoms with Crippen molar-refractivity contribution >= 4 is 17.9 Å². The molecule has 0 unspecified atom stereocenters. The fourth-order valence-electron chi connectivity index (χ4n) is 2.75. The topological polar surface area (TPSA) is 158 Å². The lowest BCUT2D eigenvalue weighted by molar-refractivity contribution is -0.152. The van der Waals surface area contributed by atoms with Crippen LogP contribution >= 0.6 is 0 Å². The van der Waals surface area contributed by atoms with E-state index in [0.717, 1.165) is 44.9 Å². The molecule has 0 aliphatic carbocycles. The number of aliphatic hydroxyl groups is 3. The molecule has 0 radical (unpaired) electrons. The van der Waals surface area contributed by atoms with Gasteiger partial charge in [0.25, 0.3) is 0 Å². The van der Waals surface area contributed by atoms with Gasteiger partial charge in [-0.15, -0.1) is 0 Å². The monoisotopic (exact) mass is 524 g/mol. The molecule has 0 aromatic carbocycles. The van der Waals surface area contributed by atoms with Crippen LogP contribution in [0.25, 0.3) is 0 Å². The van der Waals surface area contributed by atoms with Gasteiger partial charge < -0.3 is 39.0 Å². The van der Waals surface area contributed by atoms with Crippen molar-refractivity contribution in [3.05, 3.63) is 0 Å². The smallest absolute Gasteiger partial charge is 0.305 e. The van der Waals surface area contributed by atoms with Gasteiger partial charge in [0.1, 0.15) is 19.8 Å². The summed E-state index contributed by atoms with van der Waals surface area (Å²) >= 11 is 0. The van der Waals surface area contributed by atoms with Crippen molar-refractivity contribution in [3.63, 3.8) is 0 Å². The third kappa shape index (κ3) is 32.2. The number of hydrogen-bond donors (Lipinski definition) is 3. The van der Waals surface area contributed by atoms with E-state index < -0.39 is 0 Å². The number of hydrogen-bond acceptors (Lipinski definition) is 11. The van der Waals surface area contributed by atoms with Crippen LogP contribution in [0.4, 0.5) is 0 Å². The van der Waals surface area contributed by atoms with Crippen molar-refractivity contribution in [1.82, 2.24) is 0 Å². The molecule has 0 aliphatic rings. The van der Waals surface area contributed by atoms with Gasteiger partial charge in [0.05, 0.1) is 19.8 Å². The molecule has 11 nitrogen and oxygen atoms in total. The number of carbonyl (C=O) groups excluding carboxylic acids is 3. The Morgan fingerprint density at radius 3 is 1.36 bits per heavy atom. The number of rotatable bonds is 24. The van der Waals surface area contributed by atoms with Crippen molar-refractivity contribution in [1.29, 1.82) is 0 Å². The Morgan fingerprint density at radius 1 is 0.472 bits per heavy atom. The number of aliphatic hydroxyl groups excluding tert-OH is 3. The maximum atomic E-state index is 11.3. The molecule has 0 aromatic heterocycles. The van der Waals surface area contributed by atoms with Gasteiger partial charge >= 0.3 is 17.9 Å². The first-order chi connectivity index (χ1) is 17.5. The molecular weight excluding hydrogens is 476 g/mol. The summed E-state index contributed by atoms with van der Waals surface area (Å²) in [6.45, 7) is 2.07. The van der Waals surface area contributed by atoms with E-state index in [4.69, 9.17) is 34.3 Å². The highest BCUT2D eigenvalue weighted by Crippen LogP contribution is 2.03. The second kappa shape index (κ2) is 31.2. The van der Waals surface area contributed by atoms with Crippen LogP contribution < -0.4 is 0 Å². The van der Waals surface area contributed by atoms with E-state index >= 15 is 0 Å². The van der Waals surface area contributed by atoms with Gasteiger partial charge in [0.15, 0.2) is 0 Å². The molecule has 0 bridgehead atoms. The lowest BCUT2D eigenvalue weighted by Gasteiger charge is -2.06. The van der Waals surface area contributed by atoms with Crippen LogP contribution in [0.5, 0.6) is 0 Å². The second-order valence-electron chi connectivity index (χ2n) is 7.87. The average molecular weight is 525 g/mol. The number of esters is 3. The Bertz CT molecular complexity index is 500. The van der Waals surface area contributed by atoms with Crippen molar-refractivity contribution in [3.8, 4) is 0 Å². The van der Waals surface area contributed by atoms with Gasteiger partial charge in [-0.3, -0.25) is 14.4 Å². The maximum Gasteiger partial charge on any atom is 0.305 e. The molecule has 36 heavy (non-hydrogen) atoms. The zero-order chi connectivity index (χ0) is 27.1. The molecular formula is C25H48O11. The largest absolute Gasteiger partial charge is 0.463 e. The molecule has 0 spiro atoms. The summed E-state index contributed by atoms with van der Waals surface area (Å²) in [6.07, 6.45) is 8.56. The summed E-state index contributed by atoms with van der Waals surface area (Å²) in [6, 6.07) is 0. The number of unbranched alkanes of at least 4 members (excludes halogenated alkanes) is 6. The Kier molecular flexibility index (Phi) is 31.6. The van der Waals surface area contributed by atoms with Crippen LogP contribution in [0.3, 0.4) is 0 Å². The molecule has 0 atom stereocenters. The molecule has 11 heteroatoms. The first-order valence-corrected chi connectivity index (χ1v) is 12.9. The predicted molar refractivity (Wildman–Crippen MR) is 132 cm³/mol. The van der Waals surface area contributed by atoms with Gasteiger partial charge in [-0.05, 0) is 38.5 Å². The minimum absolute atomic E-state index is 0.0491. The van der Waals surface area contributed by atoms with E-state index in [1.165, 1.54) is 0 Å². The van der Waals surface area contributed by atoms with Crippen LogP contribution in [0.15, 0.2) is 0 Å². The van der Waals surface area contributed by atoms with Gasteiger partial charge in [0, 0.05) is 46.2 Å². The number of methoxy groups -OCH3 is 1. The molecule has 0 amide bonds. The highest BCUT2D eigenvalue weighted by Gasteiger charge is 2.05. The summed E-state index contributed by atoms with van der Waals surface area (Å²) in [5, 5.41) is 25.4. The zero-order valence-corrected chi connectivity index (χ0v) is 22.0. The van der Waals surface area contributed by atoms with E-state index in [1.54, 1.807) is 7.11 Å². The van der Waals surface area contributed by atoms with Crippen molar-refractivity contribution in [2.75, 3.05) is 66.6 Å². The van der Waals surface area contributed by atoms with Crippen LogP contribution in [0, 0.1) is 0 Å². The van der Waals surface area contributed by atoms with E-state index in [1.807, 2.05) is 0 Å². The lowest BCUT2D eigenvalue weighted by Crippen LogP contribution is -2.13. The molecule has 3 N–H and O–H groups in total. The average Bonchev–Trinajstić information content (AvgIpc) is 2.87. The first kappa shape index (κ1) is 36.4. The molecule has 0 aromatic rings. The highest BCUT2D eigenvalue weighted by atomic mass is 16.6. The van der Waals surface area contributed by atoms with E-state index in [-0.39, 0.29) is 57.5 Å². The third-order valence-corrected chi connectivity index (χ3v) is 4.64. The van der Waals surface area contributed by atoms with Crippen LogP contribution in [-0.4, -0.2) is 99.8 Å². The molecule has 0 rings (SSSR count). The highest BCUT2D eigenvalue weighted by molar-refractivity contribution is 5.70. The Balaban J connectivity index is 0. The van der Waals surface area contributed by atoms with Crippen molar-refractivity contribution < 1.29 is 53.4 Å². The predicted octanol–water partition coefficient (Wildman–Crippen LogP) is 1.92. The molecule has 214 valence electrons. The summed E-state index contributed by atoms with van der Waals surface area (Å²) in [4.78, 5) is 33.6. The SMILES string of the molecule is COCCCCCC(=O)OCCOC(=O)CCCCCO.O=C(CCCCCOCCO)OCCO. The third-order valence-electron chi connectivity index (χ3n) is 4.64. The Hall–Kier alpha value is -1.79. The molecule has 0 fully saturated rings. The first-order valence-electron chi connectivity index (χ1n) is 12.9. The zero-order valence-electron chi connectivity index (χ0n) is 22.0. The summed E-state index contributed by atoms with van der Waals surface area (Å²) in [5.41, 5.74) is 0. The van der Waals surface area contributed by atoms with Crippen LogP contribution in [0.1, 0.15) is 77.0 Å². The van der Waals surface area contributed by atoms with Crippen LogP contribution in [-0.2, 0) is 38.1 Å². The molecule has 0 saturated heterocycles. The summed E-state index contributed by atoms with van der Waals surface area (Å²) in [5.74, 6) is -0.810. The Labute approximate surface area is 215 Å². The normalized spacial score (nSPS) is 10.3. The van der Waals surface area contributed by atoms with Crippen molar-refractivity contribution in [2.45, 2.75) is 77.0 Å². The number of carbonyl (C=O) groups is 3. The van der Waals surface area contributed by atoms with Crippen LogP contribution in [0.2, 0.25) is 0 Å². The molecule has 0 saturated carbocycles. The van der Waals surface area contributed by atoms with E-state index in [9.17, 15) is 14.4 Å². The summed E-state index contributed by atoms with van der Waals surface area (Å²) < 4.78 is 24.6. The van der Waals surface area contributed by atoms with Gasteiger partial charge in [-0.25, -0.2) is 0 Å². The van der Waals surface area contributed by atoms with E-state index in [0.29, 0.717) is 51.9 Å². The minimum Gasteiger partial charge on any atom is -0.463 e. The minimum atomic E-state index is -0.288. The van der Waals surface area contributed by atoms with Gasteiger partial charge in [0.2, 0.25) is 0 Å². The number of ether oxygens (including phenoxy) is 5. The fraction of sp³-hybridized carbons (Fsp3) is 0.880. The standard InChI is InChI=1S/C15H28O6.C10H20O5/c1-19-11-7-3-5-9-15(18)21-13-12-20-14(17)8-4-2-6-10-16;11-5-8-14-7-3-1-2-4-10(13)15-9-6-12/h16H,2-13H2,1H3;11-12H,1-9H2. The molecule has 0 heterocycles. The quantitative estimate of drug-likeness (QED) is 0.0962.